The minimum Gasteiger partial charge on any atom is -0.195 e. The zero-order chi connectivity index (χ0) is 18.4. The second kappa shape index (κ2) is 8.71. The van der Waals surface area contributed by atoms with Crippen molar-refractivity contribution in [3.63, 3.8) is 0 Å². The Hall–Kier alpha value is -2.54. The van der Waals surface area contributed by atoms with Crippen LogP contribution in [0, 0.1) is 6.92 Å². The minimum absolute atomic E-state index is 0.848. The molecule has 0 spiro atoms. The third kappa shape index (κ3) is 4.35. The van der Waals surface area contributed by atoms with E-state index in [1.165, 1.54) is 46.2 Å². The third-order valence-electron chi connectivity index (χ3n) is 4.69. The summed E-state index contributed by atoms with van der Waals surface area (Å²) in [5, 5.41) is 2.42. The molecule has 3 rings (SSSR count). The first kappa shape index (κ1) is 18.3. The van der Waals surface area contributed by atoms with E-state index in [1.807, 2.05) is 12.1 Å². The molecule has 0 aliphatic heterocycles. The highest BCUT2D eigenvalue weighted by molar-refractivity contribution is 7.78. The molecule has 26 heavy (non-hydrogen) atoms. The van der Waals surface area contributed by atoms with Crippen molar-refractivity contribution in [2.75, 3.05) is 0 Å². The lowest BCUT2D eigenvalue weighted by molar-refractivity contribution is 0.795. The lowest BCUT2D eigenvalue weighted by Gasteiger charge is -2.09. The Morgan fingerprint density at radius 1 is 0.846 bits per heavy atom. The van der Waals surface area contributed by atoms with E-state index < -0.39 is 0 Å². The lowest BCUT2D eigenvalue weighted by Crippen LogP contribution is -1.86. The first-order valence-electron chi connectivity index (χ1n) is 9.09. The van der Waals surface area contributed by atoms with Crippen LogP contribution in [0.2, 0.25) is 0 Å². The van der Waals surface area contributed by atoms with Crippen molar-refractivity contribution in [1.29, 1.82) is 0 Å². The van der Waals surface area contributed by atoms with Crippen LogP contribution in [0.15, 0.2) is 71.7 Å². The van der Waals surface area contributed by atoms with Crippen molar-refractivity contribution >= 4 is 23.1 Å². The van der Waals surface area contributed by atoms with Crippen molar-refractivity contribution in [2.24, 2.45) is 4.99 Å². The summed E-state index contributed by atoms with van der Waals surface area (Å²) in [4.78, 5) is 4.05. The largest absolute Gasteiger partial charge is 0.195 e. The highest BCUT2D eigenvalue weighted by Gasteiger charge is 2.04. The van der Waals surface area contributed by atoms with Crippen LogP contribution in [0.3, 0.4) is 0 Å². The Kier molecular flexibility index (Phi) is 6.12. The molecule has 0 aliphatic carbocycles. The molecule has 2 heteroatoms. The zero-order valence-corrected chi connectivity index (χ0v) is 16.1. The van der Waals surface area contributed by atoms with Gasteiger partial charge in [-0.3, -0.25) is 0 Å². The monoisotopic (exact) mass is 357 g/mol. The van der Waals surface area contributed by atoms with Gasteiger partial charge in [-0.1, -0.05) is 67.9 Å². The summed E-state index contributed by atoms with van der Waals surface area (Å²) in [5.41, 5.74) is 8.39. The third-order valence-corrected chi connectivity index (χ3v) is 4.78. The maximum Gasteiger partial charge on any atom is 0.0742 e. The Balaban J connectivity index is 1.81. The molecule has 0 amide bonds. The van der Waals surface area contributed by atoms with E-state index in [0.29, 0.717) is 0 Å². The number of rotatable bonds is 6. The molecular weight excluding hydrogens is 334 g/mol. The second-order valence-electron chi connectivity index (χ2n) is 6.58. The number of benzene rings is 3. The van der Waals surface area contributed by atoms with Crippen LogP contribution in [0.25, 0.3) is 22.3 Å². The van der Waals surface area contributed by atoms with E-state index in [2.05, 4.69) is 90.8 Å². The molecule has 1 nitrogen and oxygen atoms in total. The predicted octanol–water partition coefficient (Wildman–Crippen LogP) is 7.41. The van der Waals surface area contributed by atoms with Gasteiger partial charge in [0.15, 0.2) is 0 Å². The Bertz CT molecular complexity index is 917. The summed E-state index contributed by atoms with van der Waals surface area (Å²) in [6.07, 6.45) is 3.65. The molecule has 0 saturated heterocycles. The number of isothiocyanates is 1. The van der Waals surface area contributed by atoms with Crippen molar-refractivity contribution in [3.05, 3.63) is 77.9 Å². The van der Waals surface area contributed by atoms with Gasteiger partial charge in [0.2, 0.25) is 0 Å². The van der Waals surface area contributed by atoms with Crippen LogP contribution < -0.4 is 0 Å². The number of hydrogen-bond acceptors (Lipinski definition) is 2. The minimum atomic E-state index is 0.848. The summed E-state index contributed by atoms with van der Waals surface area (Å²) in [5.74, 6) is 0. The molecule has 0 fully saturated rings. The zero-order valence-electron chi connectivity index (χ0n) is 15.3. The molecule has 3 aromatic rings. The Morgan fingerprint density at radius 3 is 2.04 bits per heavy atom. The van der Waals surface area contributed by atoms with Crippen LogP contribution in [0.5, 0.6) is 0 Å². The summed E-state index contributed by atoms with van der Waals surface area (Å²) < 4.78 is 0. The van der Waals surface area contributed by atoms with Gasteiger partial charge in [0.25, 0.3) is 0 Å². The molecule has 3 aromatic carbocycles. The number of thiocarbonyl (C=S) groups is 1. The van der Waals surface area contributed by atoms with Gasteiger partial charge < -0.3 is 0 Å². The average Bonchev–Trinajstić information content (AvgIpc) is 2.67. The van der Waals surface area contributed by atoms with E-state index in [-0.39, 0.29) is 0 Å². The molecule has 0 bridgehead atoms. The van der Waals surface area contributed by atoms with E-state index in [9.17, 15) is 0 Å². The highest BCUT2D eigenvalue weighted by atomic mass is 32.1. The molecule has 130 valence electrons. The highest BCUT2D eigenvalue weighted by Crippen LogP contribution is 2.29. The molecule has 0 aromatic heterocycles. The van der Waals surface area contributed by atoms with Crippen LogP contribution in [-0.2, 0) is 6.42 Å². The average molecular weight is 358 g/mol. The quantitative estimate of drug-likeness (QED) is 0.330. The van der Waals surface area contributed by atoms with Crippen LogP contribution >= 0.6 is 12.2 Å². The van der Waals surface area contributed by atoms with Gasteiger partial charge in [-0.15, -0.1) is 0 Å². The fourth-order valence-electron chi connectivity index (χ4n) is 3.18. The van der Waals surface area contributed by atoms with Crippen LogP contribution in [0.1, 0.15) is 30.9 Å². The molecule has 0 aliphatic rings. The summed E-state index contributed by atoms with van der Waals surface area (Å²) in [6, 6.07) is 23.8. The summed E-state index contributed by atoms with van der Waals surface area (Å²) in [7, 11) is 0. The first-order valence-corrected chi connectivity index (χ1v) is 9.50. The maximum atomic E-state index is 4.68. The summed E-state index contributed by atoms with van der Waals surface area (Å²) >= 11 is 4.68. The lowest BCUT2D eigenvalue weighted by atomic mass is 9.96. The van der Waals surface area contributed by atoms with E-state index in [1.54, 1.807) is 0 Å². The van der Waals surface area contributed by atoms with E-state index in [4.69, 9.17) is 0 Å². The molecule has 0 radical (unpaired) electrons. The molecule has 0 N–H and O–H groups in total. The SMILES string of the molecule is CCCCc1ccc(-c2ccc(-c3ccc(N=C=S)cc3C)cc2)cc1. The van der Waals surface area contributed by atoms with Gasteiger partial charge in [-0.05, 0) is 77.5 Å². The van der Waals surface area contributed by atoms with Gasteiger partial charge in [0.05, 0.1) is 10.8 Å². The topological polar surface area (TPSA) is 12.4 Å². The van der Waals surface area contributed by atoms with E-state index >= 15 is 0 Å². The molecule has 0 unspecified atom stereocenters. The predicted molar refractivity (Wildman–Crippen MR) is 115 cm³/mol. The van der Waals surface area contributed by atoms with Crippen molar-refractivity contribution in [2.45, 2.75) is 33.1 Å². The Morgan fingerprint density at radius 2 is 1.46 bits per heavy atom. The number of aryl methyl sites for hydroxylation is 2. The summed E-state index contributed by atoms with van der Waals surface area (Å²) in [6.45, 7) is 4.33. The molecule has 0 atom stereocenters. The fraction of sp³-hybridized carbons (Fsp3) is 0.208. The molecule has 0 saturated carbocycles. The van der Waals surface area contributed by atoms with Crippen LogP contribution in [0.4, 0.5) is 5.69 Å². The van der Waals surface area contributed by atoms with Crippen molar-refractivity contribution < 1.29 is 0 Å². The van der Waals surface area contributed by atoms with Gasteiger partial charge in [0.1, 0.15) is 0 Å². The van der Waals surface area contributed by atoms with Gasteiger partial charge >= 0.3 is 0 Å². The van der Waals surface area contributed by atoms with Crippen molar-refractivity contribution in [3.8, 4) is 22.3 Å². The van der Waals surface area contributed by atoms with Crippen molar-refractivity contribution in [1.82, 2.24) is 0 Å². The maximum absolute atomic E-state index is 4.68. The molecule has 0 heterocycles. The number of hydrogen-bond donors (Lipinski definition) is 0. The Labute approximate surface area is 161 Å². The standard InChI is InChI=1S/C24H23NS/c1-3-4-5-19-6-8-20(9-7-19)21-10-12-22(13-11-21)24-15-14-23(25-17-26)16-18(24)2/h6-16H,3-5H2,1-2H3. The smallest absolute Gasteiger partial charge is 0.0742 e. The van der Waals surface area contributed by atoms with Gasteiger partial charge in [-0.25, -0.2) is 0 Å². The van der Waals surface area contributed by atoms with E-state index in [0.717, 1.165) is 12.1 Å². The molecular formula is C24H23NS. The first-order chi connectivity index (χ1) is 12.7. The fourth-order valence-corrected chi connectivity index (χ4v) is 3.29. The van der Waals surface area contributed by atoms with Crippen LogP contribution in [-0.4, -0.2) is 5.16 Å². The number of aliphatic imine (C=N–C) groups is 1. The number of unbranched alkanes of at least 4 members (excludes halogenated alkanes) is 1. The van der Waals surface area contributed by atoms with Gasteiger partial charge in [-0.2, -0.15) is 4.99 Å². The van der Waals surface area contributed by atoms with Gasteiger partial charge in [0, 0.05) is 0 Å². The second-order valence-corrected chi connectivity index (χ2v) is 6.76. The normalized spacial score (nSPS) is 10.4. The number of nitrogens with zero attached hydrogens (tertiary/aromatic N) is 1.